The Balaban J connectivity index is 1.42. The van der Waals surface area contributed by atoms with Crippen molar-refractivity contribution in [3.63, 3.8) is 0 Å². The highest BCUT2D eigenvalue weighted by Gasteiger charge is 2.50. The fourth-order valence-corrected chi connectivity index (χ4v) is 4.30. The molecule has 0 aliphatic carbocycles. The minimum Gasteiger partial charge on any atom is -0.356 e. The molecule has 3 heterocycles. The molecule has 2 aromatic rings. The number of guanidine groups is 1. The number of pyridine rings is 1. The molecule has 3 rings (SSSR count). The zero-order valence-electron chi connectivity index (χ0n) is 16.4. The van der Waals surface area contributed by atoms with Crippen LogP contribution in [-0.4, -0.2) is 72.0 Å². The van der Waals surface area contributed by atoms with Crippen LogP contribution < -0.4 is 10.6 Å². The van der Waals surface area contributed by atoms with Gasteiger partial charge < -0.3 is 10.6 Å². The van der Waals surface area contributed by atoms with Gasteiger partial charge in [0.1, 0.15) is 5.82 Å². The summed E-state index contributed by atoms with van der Waals surface area (Å²) in [6, 6.07) is 5.66. The van der Waals surface area contributed by atoms with Crippen molar-refractivity contribution in [1.82, 2.24) is 29.5 Å². The molecule has 1 aliphatic heterocycles. The normalized spacial score (nSPS) is 17.4. The molecule has 0 spiro atoms. The van der Waals surface area contributed by atoms with E-state index in [4.69, 9.17) is 0 Å². The maximum absolute atomic E-state index is 12.6. The van der Waals surface area contributed by atoms with Gasteiger partial charge in [0.25, 0.3) is 0 Å². The van der Waals surface area contributed by atoms with Gasteiger partial charge in [0.15, 0.2) is 11.6 Å². The molecule has 1 fully saturated rings. The molecule has 166 valence electrons. The maximum Gasteiger partial charge on any atom is 0.511 e. The van der Waals surface area contributed by atoms with Gasteiger partial charge in [0, 0.05) is 45.8 Å². The van der Waals surface area contributed by atoms with E-state index in [-0.39, 0.29) is 19.0 Å². The number of hydrogen-bond acceptors (Lipinski definition) is 5. The van der Waals surface area contributed by atoms with Gasteiger partial charge in [0.05, 0.1) is 0 Å². The Morgan fingerprint density at radius 2 is 1.97 bits per heavy atom. The largest absolute Gasteiger partial charge is 0.511 e. The lowest BCUT2D eigenvalue weighted by molar-refractivity contribution is -0.0496. The summed E-state index contributed by atoms with van der Waals surface area (Å²) in [7, 11) is -3.62. The molecular weight excluding hydrogens is 423 g/mol. The van der Waals surface area contributed by atoms with E-state index in [2.05, 4.69) is 25.8 Å². The van der Waals surface area contributed by atoms with E-state index in [1.807, 2.05) is 28.8 Å². The first kappa shape index (κ1) is 22.3. The van der Waals surface area contributed by atoms with E-state index in [0.29, 0.717) is 42.6 Å². The van der Waals surface area contributed by atoms with E-state index in [9.17, 15) is 21.6 Å². The van der Waals surface area contributed by atoms with Crippen LogP contribution in [0.3, 0.4) is 0 Å². The van der Waals surface area contributed by atoms with Gasteiger partial charge in [-0.25, -0.2) is 8.42 Å². The lowest BCUT2D eigenvalue weighted by Gasteiger charge is -2.31. The predicted molar refractivity (Wildman–Crippen MR) is 105 cm³/mol. The van der Waals surface area contributed by atoms with Gasteiger partial charge in [-0.15, -0.1) is 10.2 Å². The summed E-state index contributed by atoms with van der Waals surface area (Å²) in [6.07, 6.45) is 3.22. The van der Waals surface area contributed by atoms with Crippen molar-refractivity contribution in [3.05, 3.63) is 30.2 Å². The maximum atomic E-state index is 12.6. The highest BCUT2D eigenvalue weighted by atomic mass is 32.2. The van der Waals surface area contributed by atoms with E-state index in [1.54, 1.807) is 7.05 Å². The first-order valence-corrected chi connectivity index (χ1v) is 11.0. The number of aliphatic imine (C=N–C) groups is 1. The summed E-state index contributed by atoms with van der Waals surface area (Å²) in [5.74, 6) is 1.43. The zero-order chi connectivity index (χ0) is 21.8. The number of nitrogens with zero attached hydrogens (tertiary/aromatic N) is 5. The van der Waals surface area contributed by atoms with E-state index >= 15 is 0 Å². The van der Waals surface area contributed by atoms with Crippen LogP contribution >= 0.6 is 0 Å². The van der Waals surface area contributed by atoms with Crippen LogP contribution in [0.1, 0.15) is 18.7 Å². The third-order valence-electron chi connectivity index (χ3n) is 5.01. The van der Waals surface area contributed by atoms with E-state index in [1.165, 1.54) is 0 Å². The second kappa shape index (κ2) is 9.16. The van der Waals surface area contributed by atoms with Crippen LogP contribution in [0.4, 0.5) is 13.2 Å². The molecule has 0 radical (unpaired) electrons. The fourth-order valence-electron chi connectivity index (χ4n) is 3.32. The van der Waals surface area contributed by atoms with Gasteiger partial charge in [-0.05, 0) is 30.9 Å². The topological polar surface area (TPSA) is 104 Å². The summed E-state index contributed by atoms with van der Waals surface area (Å²) in [4.78, 5) is 4.14. The number of fused-ring (bicyclic) bond motifs is 1. The monoisotopic (exact) mass is 447 g/mol. The van der Waals surface area contributed by atoms with Crippen molar-refractivity contribution >= 4 is 21.6 Å². The first-order chi connectivity index (χ1) is 14.2. The summed E-state index contributed by atoms with van der Waals surface area (Å²) in [6.45, 7) is 0.783. The fraction of sp³-hybridized carbons (Fsp3) is 0.588. The average Bonchev–Trinajstić information content (AvgIpc) is 3.13. The molecular formula is C17H24F3N7O2S. The van der Waals surface area contributed by atoms with Crippen LogP contribution in [0.15, 0.2) is 29.4 Å². The van der Waals surface area contributed by atoms with Gasteiger partial charge in [-0.3, -0.25) is 9.39 Å². The van der Waals surface area contributed by atoms with Crippen molar-refractivity contribution < 1.29 is 21.6 Å². The Labute approximate surface area is 172 Å². The van der Waals surface area contributed by atoms with Crippen molar-refractivity contribution in [2.24, 2.45) is 10.9 Å². The second-order valence-electron chi connectivity index (χ2n) is 6.97. The highest BCUT2D eigenvalue weighted by Crippen LogP contribution is 2.30. The molecule has 13 heteroatoms. The minimum absolute atomic E-state index is 0.0590. The van der Waals surface area contributed by atoms with Gasteiger partial charge in [0.2, 0.25) is 0 Å². The van der Waals surface area contributed by atoms with Crippen molar-refractivity contribution in [1.29, 1.82) is 0 Å². The van der Waals surface area contributed by atoms with E-state index < -0.39 is 15.5 Å². The summed E-state index contributed by atoms with van der Waals surface area (Å²) >= 11 is 0. The molecule has 0 amide bonds. The predicted octanol–water partition coefficient (Wildman–Crippen LogP) is 0.998. The van der Waals surface area contributed by atoms with Crippen LogP contribution in [0.5, 0.6) is 0 Å². The Morgan fingerprint density at radius 3 is 2.63 bits per heavy atom. The number of aromatic nitrogens is 3. The van der Waals surface area contributed by atoms with Crippen LogP contribution in [0.25, 0.3) is 5.65 Å². The van der Waals surface area contributed by atoms with Crippen molar-refractivity contribution in [3.8, 4) is 0 Å². The number of alkyl halides is 3. The molecule has 1 saturated heterocycles. The molecule has 0 atom stereocenters. The Morgan fingerprint density at radius 1 is 1.23 bits per heavy atom. The summed E-state index contributed by atoms with van der Waals surface area (Å²) in [5, 5.41) is 14.6. The highest BCUT2D eigenvalue weighted by molar-refractivity contribution is 7.90. The number of halogens is 3. The molecule has 2 aromatic heterocycles. The Kier molecular flexibility index (Phi) is 6.81. The van der Waals surface area contributed by atoms with Gasteiger partial charge in [-0.1, -0.05) is 6.07 Å². The molecule has 1 aliphatic rings. The third-order valence-corrected chi connectivity index (χ3v) is 6.64. The molecule has 0 saturated carbocycles. The molecule has 0 unspecified atom stereocenters. The standard InChI is InChI=1S/C17H24F3N7O2S/c1-21-16(22-8-5-15-25-24-14-4-2-3-9-27(14)15)23-12-13-6-10-26(11-7-13)30(28,29)17(18,19)20/h2-4,9,13H,5-8,10-12H2,1H3,(H2,21,22,23). The number of hydrogen-bond donors (Lipinski definition) is 2. The number of sulfonamides is 1. The number of rotatable bonds is 6. The molecule has 0 aromatic carbocycles. The smallest absolute Gasteiger partial charge is 0.356 e. The molecule has 9 nitrogen and oxygen atoms in total. The quantitative estimate of drug-likeness (QED) is 0.506. The Bertz CT molecular complexity index is 983. The third kappa shape index (κ3) is 5.01. The molecule has 2 N–H and O–H groups in total. The van der Waals surface area contributed by atoms with Crippen LogP contribution in [0.2, 0.25) is 0 Å². The first-order valence-electron chi connectivity index (χ1n) is 9.52. The van der Waals surface area contributed by atoms with E-state index in [0.717, 1.165) is 11.5 Å². The second-order valence-corrected chi connectivity index (χ2v) is 8.90. The lowest BCUT2D eigenvalue weighted by Crippen LogP contribution is -2.47. The van der Waals surface area contributed by atoms with Gasteiger partial charge >= 0.3 is 15.5 Å². The van der Waals surface area contributed by atoms with Crippen molar-refractivity contribution in [2.75, 3.05) is 33.2 Å². The lowest BCUT2D eigenvalue weighted by atomic mass is 9.98. The number of nitrogens with one attached hydrogen (secondary N) is 2. The van der Waals surface area contributed by atoms with Crippen LogP contribution in [0, 0.1) is 5.92 Å². The minimum atomic E-state index is -5.25. The molecule has 0 bridgehead atoms. The summed E-state index contributed by atoms with van der Waals surface area (Å²) in [5.41, 5.74) is -4.48. The average molecular weight is 447 g/mol. The van der Waals surface area contributed by atoms with Crippen LogP contribution in [-0.2, 0) is 16.4 Å². The molecule has 30 heavy (non-hydrogen) atoms. The Hall–Kier alpha value is -2.41. The van der Waals surface area contributed by atoms with Crippen molar-refractivity contribution in [2.45, 2.75) is 24.8 Å². The zero-order valence-corrected chi connectivity index (χ0v) is 17.2. The summed E-state index contributed by atoms with van der Waals surface area (Å²) < 4.78 is 63.3. The SMILES string of the molecule is CN=C(NCCc1nnc2ccccn12)NCC1CCN(S(=O)(=O)C(F)(F)F)CC1. The number of piperidine rings is 1. The van der Waals surface area contributed by atoms with Gasteiger partial charge in [-0.2, -0.15) is 17.5 Å².